The van der Waals surface area contributed by atoms with E-state index in [1.165, 1.54) is 41.2 Å². The van der Waals surface area contributed by atoms with E-state index < -0.39 is 0 Å². The quantitative estimate of drug-likeness (QED) is 0.0505. The Hall–Kier alpha value is -3.90. The van der Waals surface area contributed by atoms with Crippen LogP contribution in [0.3, 0.4) is 0 Å². The lowest BCUT2D eigenvalue weighted by Gasteiger charge is -2.29. The minimum absolute atomic E-state index is 0.330. The number of carbonyl (C=O) groups is 2. The van der Waals surface area contributed by atoms with Crippen molar-refractivity contribution in [2.75, 3.05) is 19.8 Å². The maximum absolute atomic E-state index is 13.1. The number of rotatable bonds is 17. The Morgan fingerprint density at radius 2 is 1.43 bits per heavy atom. The van der Waals surface area contributed by atoms with Crippen molar-refractivity contribution in [1.29, 1.82) is 0 Å². The molecular weight excluding hydrogens is 576 g/mol. The zero-order chi connectivity index (χ0) is 32.1. The van der Waals surface area contributed by atoms with Crippen molar-refractivity contribution in [2.45, 2.75) is 96.0 Å². The third-order valence-corrected chi connectivity index (χ3v) is 9.14. The Balaban J connectivity index is 1.02. The van der Waals surface area contributed by atoms with Crippen LogP contribution >= 0.6 is 0 Å². The predicted molar refractivity (Wildman–Crippen MR) is 182 cm³/mol. The van der Waals surface area contributed by atoms with Gasteiger partial charge in [0.05, 0.1) is 24.9 Å². The van der Waals surface area contributed by atoms with Crippen molar-refractivity contribution in [1.82, 2.24) is 0 Å². The molecule has 0 atom stereocenters. The molecule has 0 aliphatic heterocycles. The molecular formula is C40H48O6. The van der Waals surface area contributed by atoms with Crippen molar-refractivity contribution >= 4 is 11.9 Å². The third-order valence-electron chi connectivity index (χ3n) is 9.14. The van der Waals surface area contributed by atoms with Crippen molar-refractivity contribution in [3.63, 3.8) is 0 Å². The standard InChI is InChI=1S/C40H48O6/c1-3-5-8-23-44-36-20-22-38-33(28-36)27-32-26-31(15-21-37(32)38)40(42)46-35-18-13-30(14-19-35)29-11-16-34(17-12-29)43-24-9-6-7-10-25-45-39(41)4-2/h4,13-15,18-22,26,28-29,34H,2-3,5-12,16-17,23-25,27H2,1H3. The summed E-state index contributed by atoms with van der Waals surface area (Å²) < 4.78 is 22.9. The minimum atomic E-state index is -0.353. The van der Waals surface area contributed by atoms with Crippen molar-refractivity contribution in [3.8, 4) is 22.6 Å². The van der Waals surface area contributed by atoms with Gasteiger partial charge in [-0.3, -0.25) is 0 Å². The van der Waals surface area contributed by atoms with Gasteiger partial charge in [0.25, 0.3) is 0 Å². The predicted octanol–water partition coefficient (Wildman–Crippen LogP) is 9.38. The maximum Gasteiger partial charge on any atom is 0.343 e. The van der Waals surface area contributed by atoms with Crippen LogP contribution in [-0.4, -0.2) is 37.9 Å². The molecule has 46 heavy (non-hydrogen) atoms. The highest BCUT2D eigenvalue weighted by molar-refractivity contribution is 5.93. The van der Waals surface area contributed by atoms with Crippen LogP contribution in [0.5, 0.6) is 11.5 Å². The third kappa shape index (κ3) is 9.32. The fourth-order valence-corrected chi connectivity index (χ4v) is 6.52. The molecule has 0 N–H and O–H groups in total. The van der Waals surface area contributed by atoms with Gasteiger partial charge in [-0.2, -0.15) is 0 Å². The molecule has 0 radical (unpaired) electrons. The molecule has 5 rings (SSSR count). The first-order valence-corrected chi connectivity index (χ1v) is 17.2. The summed E-state index contributed by atoms with van der Waals surface area (Å²) in [5, 5.41) is 0. The van der Waals surface area contributed by atoms with Crippen LogP contribution in [-0.2, 0) is 20.7 Å². The Morgan fingerprint density at radius 3 is 2.17 bits per heavy atom. The molecule has 6 heteroatoms. The molecule has 0 bridgehead atoms. The van der Waals surface area contributed by atoms with E-state index in [-0.39, 0.29) is 11.9 Å². The summed E-state index contributed by atoms with van der Waals surface area (Å²) in [6.45, 7) is 7.58. The van der Waals surface area contributed by atoms with Gasteiger partial charge in [-0.15, -0.1) is 0 Å². The van der Waals surface area contributed by atoms with E-state index in [1.807, 2.05) is 36.4 Å². The molecule has 2 aliphatic carbocycles. The lowest BCUT2D eigenvalue weighted by Crippen LogP contribution is -2.21. The lowest BCUT2D eigenvalue weighted by molar-refractivity contribution is -0.137. The van der Waals surface area contributed by atoms with E-state index in [1.54, 1.807) is 0 Å². The highest BCUT2D eigenvalue weighted by Gasteiger charge is 2.24. The molecule has 0 aromatic heterocycles. The van der Waals surface area contributed by atoms with E-state index in [4.69, 9.17) is 18.9 Å². The number of esters is 2. The summed E-state index contributed by atoms with van der Waals surface area (Å²) in [5.41, 5.74) is 6.63. The molecule has 0 spiro atoms. The lowest BCUT2D eigenvalue weighted by atomic mass is 9.83. The molecule has 1 saturated carbocycles. The number of benzene rings is 3. The van der Waals surface area contributed by atoms with Crippen LogP contribution in [0.4, 0.5) is 0 Å². The molecule has 6 nitrogen and oxygen atoms in total. The molecule has 3 aromatic carbocycles. The van der Waals surface area contributed by atoms with E-state index in [0.29, 0.717) is 29.9 Å². The van der Waals surface area contributed by atoms with Crippen LogP contribution in [0.1, 0.15) is 111 Å². The Bertz CT molecular complexity index is 1450. The van der Waals surface area contributed by atoms with Crippen molar-refractivity contribution in [3.05, 3.63) is 95.6 Å². The molecule has 0 heterocycles. The first kappa shape index (κ1) is 33.5. The number of hydrogen-bond donors (Lipinski definition) is 0. The van der Waals surface area contributed by atoms with Gasteiger partial charge in [-0.25, -0.2) is 9.59 Å². The van der Waals surface area contributed by atoms with Crippen LogP contribution in [0, 0.1) is 0 Å². The summed E-state index contributed by atoms with van der Waals surface area (Å²) in [6.07, 6.45) is 14.1. The summed E-state index contributed by atoms with van der Waals surface area (Å²) in [4.78, 5) is 24.1. The molecule has 0 amide bonds. The van der Waals surface area contributed by atoms with E-state index in [9.17, 15) is 9.59 Å². The first-order valence-electron chi connectivity index (χ1n) is 17.2. The zero-order valence-corrected chi connectivity index (χ0v) is 27.3. The fraction of sp³-hybridized carbons (Fsp3) is 0.450. The van der Waals surface area contributed by atoms with Gasteiger partial charge < -0.3 is 18.9 Å². The van der Waals surface area contributed by atoms with Crippen LogP contribution < -0.4 is 9.47 Å². The number of hydrogen-bond acceptors (Lipinski definition) is 6. The summed E-state index contributed by atoms with van der Waals surface area (Å²) in [6, 6.07) is 20.2. The largest absolute Gasteiger partial charge is 0.494 e. The van der Waals surface area contributed by atoms with Crippen molar-refractivity contribution in [2.24, 2.45) is 0 Å². The number of ether oxygens (including phenoxy) is 4. The molecule has 1 fully saturated rings. The average Bonchev–Trinajstić information content (AvgIpc) is 3.45. The highest BCUT2D eigenvalue weighted by atomic mass is 16.5. The van der Waals surface area contributed by atoms with Gasteiger partial charge in [-0.05, 0) is 128 Å². The van der Waals surface area contributed by atoms with E-state index in [0.717, 1.165) is 88.7 Å². The monoisotopic (exact) mass is 624 g/mol. The molecule has 0 unspecified atom stereocenters. The van der Waals surface area contributed by atoms with Gasteiger partial charge in [0.15, 0.2) is 0 Å². The summed E-state index contributed by atoms with van der Waals surface area (Å²) in [5.74, 6) is 1.30. The second-order valence-corrected chi connectivity index (χ2v) is 12.5. The van der Waals surface area contributed by atoms with Crippen LogP contribution in [0.2, 0.25) is 0 Å². The Kier molecular flexibility index (Phi) is 12.5. The smallest absolute Gasteiger partial charge is 0.343 e. The zero-order valence-electron chi connectivity index (χ0n) is 27.3. The number of fused-ring (bicyclic) bond motifs is 3. The maximum atomic E-state index is 13.1. The second kappa shape index (κ2) is 17.1. The number of carbonyl (C=O) groups excluding carboxylic acids is 2. The van der Waals surface area contributed by atoms with Crippen LogP contribution in [0.25, 0.3) is 11.1 Å². The van der Waals surface area contributed by atoms with Gasteiger partial charge in [0.1, 0.15) is 11.5 Å². The normalized spacial score (nSPS) is 16.7. The summed E-state index contributed by atoms with van der Waals surface area (Å²) >= 11 is 0. The van der Waals surface area contributed by atoms with Gasteiger partial charge in [-0.1, -0.05) is 57.0 Å². The van der Waals surface area contributed by atoms with Gasteiger partial charge in [0.2, 0.25) is 0 Å². The first-order chi connectivity index (χ1) is 22.5. The van der Waals surface area contributed by atoms with Gasteiger partial charge >= 0.3 is 11.9 Å². The molecule has 244 valence electrons. The minimum Gasteiger partial charge on any atom is -0.494 e. The summed E-state index contributed by atoms with van der Waals surface area (Å²) in [7, 11) is 0. The molecule has 2 aliphatic rings. The highest BCUT2D eigenvalue weighted by Crippen LogP contribution is 2.39. The van der Waals surface area contributed by atoms with E-state index in [2.05, 4.69) is 37.8 Å². The van der Waals surface area contributed by atoms with E-state index >= 15 is 0 Å². The second-order valence-electron chi connectivity index (χ2n) is 12.5. The molecule has 0 saturated heterocycles. The Morgan fingerprint density at radius 1 is 0.761 bits per heavy atom. The fourth-order valence-electron chi connectivity index (χ4n) is 6.52. The number of unbranched alkanes of at least 4 members (excludes halogenated alkanes) is 5. The molecule has 3 aromatic rings. The topological polar surface area (TPSA) is 71.1 Å². The van der Waals surface area contributed by atoms with Gasteiger partial charge in [0, 0.05) is 12.7 Å². The van der Waals surface area contributed by atoms with Crippen molar-refractivity contribution < 1.29 is 28.5 Å². The van der Waals surface area contributed by atoms with Crippen LogP contribution in [0.15, 0.2) is 73.3 Å². The average molecular weight is 625 g/mol. The Labute approximate surface area is 274 Å². The SMILES string of the molecule is C=CC(=O)OCCCCCCOC1CCC(c2ccc(OC(=O)c3ccc4c(c3)Cc3cc(OCCCCC)ccc3-4)cc2)CC1.